The molecular weight excluding hydrogens is 470 g/mol. The van der Waals surface area contributed by atoms with Gasteiger partial charge < -0.3 is 40.4 Å². The monoisotopic (exact) mass is 509 g/mol. The maximum absolute atomic E-state index is 8.60. The van der Waals surface area contributed by atoms with Gasteiger partial charge in [-0.3, -0.25) is 0 Å². The summed E-state index contributed by atoms with van der Waals surface area (Å²) >= 11 is 1.34. The fraction of sp³-hybridized carbons (Fsp3) is 0.583. The van der Waals surface area contributed by atoms with E-state index in [4.69, 9.17) is 35.5 Å². The second kappa shape index (κ2) is 16.4. The van der Waals surface area contributed by atoms with Crippen molar-refractivity contribution in [2.75, 3.05) is 88.9 Å². The van der Waals surface area contributed by atoms with Gasteiger partial charge in [0.15, 0.2) is 5.00 Å². The van der Waals surface area contributed by atoms with E-state index in [9.17, 15) is 0 Å². The third-order valence-electron chi connectivity index (χ3n) is 5.24. The fourth-order valence-electron chi connectivity index (χ4n) is 3.12. The molecule has 0 fully saturated rings. The lowest BCUT2D eigenvalue weighted by molar-refractivity contribution is -0.00488. The number of anilines is 3. The molecule has 1 heterocycles. The highest BCUT2D eigenvalue weighted by Gasteiger charge is 2.10. The SMILES string of the molecule is CCN(CCOCCOCCOCCOCCO)c1ccc(N=Nc2sc(N)c(C)c2N)c(C)c1. The van der Waals surface area contributed by atoms with Crippen LogP contribution in [0.3, 0.4) is 0 Å². The standard InChI is InChI=1S/C24H39N5O5S/c1-4-29(7-9-31-11-13-33-15-16-34-14-12-32-10-8-30)20-5-6-21(18(2)17-20)27-28-24-22(25)19(3)23(26)35-24/h5-6,17,30H,4,7-16,25-26H2,1-3H3. The Morgan fingerprint density at radius 2 is 1.49 bits per heavy atom. The Bertz CT molecular complexity index is 909. The number of rotatable bonds is 18. The Morgan fingerprint density at radius 1 is 0.886 bits per heavy atom. The molecule has 0 saturated carbocycles. The summed E-state index contributed by atoms with van der Waals surface area (Å²) in [5, 5.41) is 18.6. The molecule has 11 heteroatoms. The van der Waals surface area contributed by atoms with E-state index < -0.39 is 0 Å². The van der Waals surface area contributed by atoms with E-state index >= 15 is 0 Å². The van der Waals surface area contributed by atoms with Crippen molar-refractivity contribution in [1.29, 1.82) is 0 Å². The lowest BCUT2D eigenvalue weighted by Crippen LogP contribution is -2.27. The van der Waals surface area contributed by atoms with E-state index in [1.165, 1.54) is 11.3 Å². The third-order valence-corrected chi connectivity index (χ3v) is 6.26. The number of nitrogens with zero attached hydrogens (tertiary/aromatic N) is 3. The summed E-state index contributed by atoms with van der Waals surface area (Å²) in [6.07, 6.45) is 0. The van der Waals surface area contributed by atoms with Crippen LogP contribution < -0.4 is 16.4 Å². The molecule has 0 aliphatic heterocycles. The van der Waals surface area contributed by atoms with E-state index in [0.29, 0.717) is 68.5 Å². The molecule has 0 saturated heterocycles. The van der Waals surface area contributed by atoms with Crippen LogP contribution in [0.25, 0.3) is 0 Å². The van der Waals surface area contributed by atoms with Crippen molar-refractivity contribution in [2.24, 2.45) is 10.2 Å². The summed E-state index contributed by atoms with van der Waals surface area (Å²) in [5.41, 5.74) is 16.3. The van der Waals surface area contributed by atoms with E-state index in [-0.39, 0.29) is 6.61 Å². The topological polar surface area (TPSA) is 137 Å². The molecule has 0 radical (unpaired) electrons. The van der Waals surface area contributed by atoms with Gasteiger partial charge in [0, 0.05) is 24.3 Å². The first-order chi connectivity index (χ1) is 17.0. The smallest absolute Gasteiger partial charge is 0.164 e. The van der Waals surface area contributed by atoms with Crippen molar-refractivity contribution in [3.63, 3.8) is 0 Å². The van der Waals surface area contributed by atoms with Gasteiger partial charge in [-0.25, -0.2) is 0 Å². The van der Waals surface area contributed by atoms with Crippen molar-refractivity contribution in [1.82, 2.24) is 0 Å². The number of hydrogen-bond acceptors (Lipinski definition) is 11. The molecule has 0 spiro atoms. The van der Waals surface area contributed by atoms with Crippen LogP contribution in [0.5, 0.6) is 0 Å². The lowest BCUT2D eigenvalue weighted by Gasteiger charge is -2.23. The zero-order valence-electron chi connectivity index (χ0n) is 21.0. The summed E-state index contributed by atoms with van der Waals surface area (Å²) in [4.78, 5) is 2.25. The summed E-state index contributed by atoms with van der Waals surface area (Å²) in [5.74, 6) is 0. The van der Waals surface area contributed by atoms with E-state index in [1.54, 1.807) is 0 Å². The highest BCUT2D eigenvalue weighted by molar-refractivity contribution is 7.20. The summed E-state index contributed by atoms with van der Waals surface area (Å²) in [6, 6.07) is 6.11. The molecule has 1 aromatic heterocycles. The average molecular weight is 510 g/mol. The van der Waals surface area contributed by atoms with E-state index in [1.807, 2.05) is 26.0 Å². The average Bonchev–Trinajstić information content (AvgIpc) is 3.10. The van der Waals surface area contributed by atoms with Crippen LogP contribution in [0.2, 0.25) is 0 Å². The van der Waals surface area contributed by atoms with Gasteiger partial charge in [-0.2, -0.15) is 0 Å². The van der Waals surface area contributed by atoms with E-state index in [0.717, 1.165) is 35.6 Å². The summed E-state index contributed by atoms with van der Waals surface area (Å²) < 4.78 is 21.7. The Morgan fingerprint density at radius 3 is 2.00 bits per heavy atom. The van der Waals surface area contributed by atoms with Crippen molar-refractivity contribution < 1.29 is 24.1 Å². The molecule has 0 bridgehead atoms. The van der Waals surface area contributed by atoms with Gasteiger partial charge in [-0.15, -0.1) is 10.2 Å². The minimum absolute atomic E-state index is 0.0285. The number of aliphatic hydroxyl groups excluding tert-OH is 1. The minimum Gasteiger partial charge on any atom is -0.396 e. The Balaban J connectivity index is 1.68. The van der Waals surface area contributed by atoms with E-state index in [2.05, 4.69) is 28.1 Å². The van der Waals surface area contributed by atoms with Gasteiger partial charge in [-0.1, -0.05) is 11.3 Å². The number of azo groups is 1. The van der Waals surface area contributed by atoms with Gasteiger partial charge in [0.1, 0.15) is 0 Å². The predicted molar refractivity (Wildman–Crippen MR) is 141 cm³/mol. The molecule has 35 heavy (non-hydrogen) atoms. The third kappa shape index (κ3) is 10.1. The lowest BCUT2D eigenvalue weighted by atomic mass is 10.1. The van der Waals surface area contributed by atoms with Gasteiger partial charge in [0.05, 0.1) is 75.8 Å². The van der Waals surface area contributed by atoms with Crippen molar-refractivity contribution in [2.45, 2.75) is 20.8 Å². The van der Waals surface area contributed by atoms with Crippen LogP contribution >= 0.6 is 11.3 Å². The van der Waals surface area contributed by atoms with Crippen molar-refractivity contribution >= 4 is 38.4 Å². The molecule has 2 aromatic rings. The minimum atomic E-state index is 0.0285. The number of aryl methyl sites for hydroxylation is 1. The van der Waals surface area contributed by atoms with Gasteiger partial charge in [0.25, 0.3) is 0 Å². The van der Waals surface area contributed by atoms with Crippen LogP contribution in [0, 0.1) is 13.8 Å². The maximum atomic E-state index is 8.60. The number of benzene rings is 1. The van der Waals surface area contributed by atoms with Gasteiger partial charge in [-0.05, 0) is 44.5 Å². The molecule has 0 atom stereocenters. The quantitative estimate of drug-likeness (QED) is 0.204. The zero-order chi connectivity index (χ0) is 25.5. The Labute approximate surface area is 211 Å². The summed E-state index contributed by atoms with van der Waals surface area (Å²) in [7, 11) is 0. The number of ether oxygens (including phenoxy) is 4. The molecule has 0 aliphatic carbocycles. The van der Waals surface area contributed by atoms with Crippen LogP contribution in [0.4, 0.5) is 27.1 Å². The highest BCUT2D eigenvalue weighted by atomic mass is 32.1. The molecule has 1 aromatic carbocycles. The molecular formula is C24H39N5O5S. The normalized spacial score (nSPS) is 11.5. The number of nitrogen functional groups attached to an aromatic ring is 2. The first-order valence-electron chi connectivity index (χ1n) is 11.8. The molecule has 196 valence electrons. The number of hydrogen-bond donors (Lipinski definition) is 3. The van der Waals surface area contributed by atoms with Gasteiger partial charge in [0.2, 0.25) is 0 Å². The molecule has 0 amide bonds. The second-order valence-corrected chi connectivity index (χ2v) is 8.76. The highest BCUT2D eigenvalue weighted by Crippen LogP contribution is 2.40. The maximum Gasteiger partial charge on any atom is 0.164 e. The Hall–Kier alpha value is -2.28. The second-order valence-electron chi connectivity index (χ2n) is 7.73. The number of aliphatic hydroxyl groups is 1. The number of thiophene rings is 1. The first kappa shape index (κ1) is 29.0. The fourth-order valence-corrected chi connectivity index (χ4v) is 3.94. The number of likely N-dealkylation sites (N-methyl/N-ethyl adjacent to an activating group) is 1. The molecule has 10 nitrogen and oxygen atoms in total. The molecule has 0 unspecified atom stereocenters. The Kier molecular flexibility index (Phi) is 13.6. The largest absolute Gasteiger partial charge is 0.396 e. The number of nitrogens with two attached hydrogens (primary N) is 2. The first-order valence-corrected chi connectivity index (χ1v) is 12.6. The predicted octanol–water partition coefficient (Wildman–Crippen LogP) is 3.83. The van der Waals surface area contributed by atoms with Crippen molar-refractivity contribution in [3.8, 4) is 0 Å². The zero-order valence-corrected chi connectivity index (χ0v) is 21.8. The molecule has 2 rings (SSSR count). The van der Waals surface area contributed by atoms with Crippen LogP contribution in [0.1, 0.15) is 18.1 Å². The van der Waals surface area contributed by atoms with Gasteiger partial charge >= 0.3 is 0 Å². The molecule has 0 aliphatic rings. The van der Waals surface area contributed by atoms with Crippen LogP contribution in [0.15, 0.2) is 28.4 Å². The van der Waals surface area contributed by atoms with Crippen molar-refractivity contribution in [3.05, 3.63) is 29.3 Å². The molecule has 5 N–H and O–H groups in total. The summed E-state index contributed by atoms with van der Waals surface area (Å²) in [6.45, 7) is 11.7. The van der Waals surface area contributed by atoms with Crippen LogP contribution in [-0.4, -0.2) is 77.7 Å². The van der Waals surface area contributed by atoms with Crippen LogP contribution in [-0.2, 0) is 18.9 Å².